The maximum Gasteiger partial charge on any atom is 0.267 e. The Morgan fingerprint density at radius 3 is 3.00 bits per heavy atom. The van der Waals surface area contributed by atoms with Gasteiger partial charge in [0.05, 0.1) is 19.3 Å². The molecule has 0 saturated heterocycles. The molecule has 2 aromatic rings. The van der Waals surface area contributed by atoms with Gasteiger partial charge in [-0.05, 0) is 47.1 Å². The molecule has 0 bridgehead atoms. The maximum atomic E-state index is 11.6. The van der Waals surface area contributed by atoms with Crippen LogP contribution in [0.15, 0.2) is 24.4 Å². The van der Waals surface area contributed by atoms with Crippen LogP contribution >= 0.6 is 0 Å². The first-order chi connectivity index (χ1) is 11.1. The van der Waals surface area contributed by atoms with Gasteiger partial charge in [0.25, 0.3) is 5.91 Å². The summed E-state index contributed by atoms with van der Waals surface area (Å²) in [6, 6.07) is 6.10. The molecule has 4 rings (SSSR count). The molecule has 1 aliphatic carbocycles. The predicted octanol–water partition coefficient (Wildman–Crippen LogP) is 1.90. The molecule has 1 unspecified atom stereocenters. The number of ether oxygens (including phenoxy) is 1. The first-order valence-electron chi connectivity index (χ1n) is 7.84. The molecule has 23 heavy (non-hydrogen) atoms. The lowest BCUT2D eigenvalue weighted by molar-refractivity contribution is 0.0979. The van der Waals surface area contributed by atoms with Crippen LogP contribution < -0.4 is 5.73 Å². The van der Waals surface area contributed by atoms with Crippen molar-refractivity contribution in [3.05, 3.63) is 52.3 Å². The number of carbonyl (C=O) groups excluding carboxylic acids is 1. The topological polar surface area (TPSA) is 85.4 Å². The lowest BCUT2D eigenvalue weighted by atomic mass is 9.92. The van der Waals surface area contributed by atoms with Crippen LogP contribution in [-0.2, 0) is 24.2 Å². The Bertz CT molecular complexity index is 801. The van der Waals surface area contributed by atoms with Crippen LogP contribution in [0, 0.1) is 0 Å². The van der Waals surface area contributed by atoms with Crippen molar-refractivity contribution in [3.8, 4) is 11.1 Å². The van der Waals surface area contributed by atoms with Gasteiger partial charge >= 0.3 is 0 Å². The number of amides is 1. The Labute approximate surface area is 134 Å². The van der Waals surface area contributed by atoms with E-state index in [1.54, 1.807) is 6.20 Å². The van der Waals surface area contributed by atoms with Crippen molar-refractivity contribution in [1.29, 1.82) is 0 Å². The third-order valence-electron chi connectivity index (χ3n) is 4.77. The largest absolute Gasteiger partial charge is 0.388 e. The molecule has 0 radical (unpaired) electrons. The predicted molar refractivity (Wildman–Crippen MR) is 84.8 cm³/mol. The number of primary amides is 1. The molecule has 1 aromatic carbocycles. The molecule has 3 N–H and O–H groups in total. The SMILES string of the molecule is NC(=O)c1ncc(-c2ccc3c(c2)CCC3O)c2c1CCOC2. The van der Waals surface area contributed by atoms with E-state index in [4.69, 9.17) is 10.5 Å². The molecule has 1 aliphatic heterocycles. The summed E-state index contributed by atoms with van der Waals surface area (Å²) < 4.78 is 5.58. The van der Waals surface area contributed by atoms with Crippen molar-refractivity contribution in [2.24, 2.45) is 5.73 Å². The third-order valence-corrected chi connectivity index (χ3v) is 4.77. The number of nitrogens with zero attached hydrogens (tertiary/aromatic N) is 1. The van der Waals surface area contributed by atoms with Gasteiger partial charge in [-0.3, -0.25) is 9.78 Å². The molecule has 1 amide bonds. The zero-order valence-corrected chi connectivity index (χ0v) is 12.7. The number of benzene rings is 1. The van der Waals surface area contributed by atoms with Crippen LogP contribution in [0.2, 0.25) is 0 Å². The fourth-order valence-electron chi connectivity index (χ4n) is 3.60. The van der Waals surface area contributed by atoms with Gasteiger partial charge in [-0.15, -0.1) is 0 Å². The number of hydrogen-bond donors (Lipinski definition) is 2. The second-order valence-corrected chi connectivity index (χ2v) is 6.11. The number of aromatic nitrogens is 1. The lowest BCUT2D eigenvalue weighted by Gasteiger charge is -2.21. The van der Waals surface area contributed by atoms with Crippen LogP contribution in [0.3, 0.4) is 0 Å². The summed E-state index contributed by atoms with van der Waals surface area (Å²) in [5.74, 6) is -0.494. The molecule has 1 atom stereocenters. The fourth-order valence-corrected chi connectivity index (χ4v) is 3.60. The van der Waals surface area contributed by atoms with Gasteiger partial charge in [-0.1, -0.05) is 18.2 Å². The van der Waals surface area contributed by atoms with Crippen molar-refractivity contribution >= 4 is 5.91 Å². The Hall–Kier alpha value is -2.24. The molecule has 2 heterocycles. The Morgan fingerprint density at radius 2 is 2.17 bits per heavy atom. The highest BCUT2D eigenvalue weighted by Crippen LogP contribution is 2.36. The van der Waals surface area contributed by atoms with E-state index in [1.807, 2.05) is 12.1 Å². The van der Waals surface area contributed by atoms with E-state index in [0.29, 0.717) is 25.3 Å². The normalized spacial score (nSPS) is 19.3. The lowest BCUT2D eigenvalue weighted by Crippen LogP contribution is -2.21. The van der Waals surface area contributed by atoms with E-state index in [9.17, 15) is 9.90 Å². The molecule has 5 nitrogen and oxygen atoms in total. The van der Waals surface area contributed by atoms with Gasteiger partial charge in [-0.2, -0.15) is 0 Å². The van der Waals surface area contributed by atoms with Crippen LogP contribution in [0.4, 0.5) is 0 Å². The third kappa shape index (κ3) is 2.33. The van der Waals surface area contributed by atoms with Crippen molar-refractivity contribution in [3.63, 3.8) is 0 Å². The van der Waals surface area contributed by atoms with Crippen LogP contribution in [0.1, 0.15) is 45.3 Å². The average Bonchev–Trinajstić information content (AvgIpc) is 2.94. The summed E-state index contributed by atoms with van der Waals surface area (Å²) in [5.41, 5.74) is 11.9. The van der Waals surface area contributed by atoms with Crippen molar-refractivity contribution in [2.45, 2.75) is 32.0 Å². The minimum absolute atomic E-state index is 0.351. The average molecular weight is 310 g/mol. The molecule has 2 aliphatic rings. The minimum atomic E-state index is -0.494. The summed E-state index contributed by atoms with van der Waals surface area (Å²) in [7, 11) is 0. The summed E-state index contributed by atoms with van der Waals surface area (Å²) in [5, 5.41) is 9.95. The van der Waals surface area contributed by atoms with Crippen LogP contribution in [0.25, 0.3) is 11.1 Å². The summed E-state index contributed by atoms with van der Waals surface area (Å²) >= 11 is 0. The van der Waals surface area contributed by atoms with E-state index in [0.717, 1.165) is 40.7 Å². The molecule has 0 fully saturated rings. The number of aliphatic hydroxyl groups is 1. The van der Waals surface area contributed by atoms with E-state index in [2.05, 4.69) is 11.1 Å². The number of fused-ring (bicyclic) bond motifs is 2. The fraction of sp³-hybridized carbons (Fsp3) is 0.333. The summed E-state index contributed by atoms with van der Waals surface area (Å²) in [4.78, 5) is 15.9. The molecule has 118 valence electrons. The Balaban J connectivity index is 1.85. The highest BCUT2D eigenvalue weighted by atomic mass is 16.5. The number of carbonyl (C=O) groups is 1. The second kappa shape index (κ2) is 5.44. The zero-order chi connectivity index (χ0) is 16.0. The smallest absolute Gasteiger partial charge is 0.267 e. The quantitative estimate of drug-likeness (QED) is 0.887. The first kappa shape index (κ1) is 14.4. The molecule has 0 spiro atoms. The first-order valence-corrected chi connectivity index (χ1v) is 7.84. The monoisotopic (exact) mass is 310 g/mol. The highest BCUT2D eigenvalue weighted by molar-refractivity contribution is 5.93. The van der Waals surface area contributed by atoms with Crippen LogP contribution in [0.5, 0.6) is 0 Å². The number of nitrogens with two attached hydrogens (primary N) is 1. The van der Waals surface area contributed by atoms with Gasteiger partial charge in [0.15, 0.2) is 0 Å². The molecule has 1 aromatic heterocycles. The standard InChI is InChI=1S/C18H18N2O3/c19-18(22)17-13-5-6-23-9-15(13)14(8-20-17)11-1-3-12-10(7-11)2-4-16(12)21/h1,3,7-8,16,21H,2,4-6,9H2,(H2,19,22). The number of hydrogen-bond acceptors (Lipinski definition) is 4. The summed E-state index contributed by atoms with van der Waals surface area (Å²) in [6.45, 7) is 1.04. The minimum Gasteiger partial charge on any atom is -0.388 e. The Morgan fingerprint density at radius 1 is 1.30 bits per heavy atom. The number of aryl methyl sites for hydroxylation is 1. The van der Waals surface area contributed by atoms with E-state index < -0.39 is 5.91 Å². The number of rotatable bonds is 2. The number of aliphatic hydroxyl groups excluding tert-OH is 1. The van der Waals surface area contributed by atoms with Gasteiger partial charge in [-0.25, -0.2) is 0 Å². The van der Waals surface area contributed by atoms with E-state index in [-0.39, 0.29) is 6.10 Å². The van der Waals surface area contributed by atoms with Crippen molar-refractivity contribution < 1.29 is 14.6 Å². The molecular formula is C18H18N2O3. The summed E-state index contributed by atoms with van der Waals surface area (Å²) in [6.07, 6.45) is 3.67. The molecular weight excluding hydrogens is 292 g/mol. The number of pyridine rings is 1. The van der Waals surface area contributed by atoms with Crippen LogP contribution in [-0.4, -0.2) is 22.6 Å². The molecule has 0 saturated carbocycles. The second-order valence-electron chi connectivity index (χ2n) is 6.11. The maximum absolute atomic E-state index is 11.6. The molecule has 5 heteroatoms. The van der Waals surface area contributed by atoms with Gasteiger partial charge in [0.1, 0.15) is 5.69 Å². The van der Waals surface area contributed by atoms with Gasteiger partial charge < -0.3 is 15.6 Å². The van der Waals surface area contributed by atoms with Crippen molar-refractivity contribution in [1.82, 2.24) is 4.98 Å². The van der Waals surface area contributed by atoms with Crippen molar-refractivity contribution in [2.75, 3.05) is 6.61 Å². The Kier molecular flexibility index (Phi) is 3.39. The van der Waals surface area contributed by atoms with E-state index >= 15 is 0 Å². The van der Waals surface area contributed by atoms with Gasteiger partial charge in [0, 0.05) is 11.8 Å². The zero-order valence-electron chi connectivity index (χ0n) is 12.7. The van der Waals surface area contributed by atoms with E-state index in [1.165, 1.54) is 5.56 Å². The highest BCUT2D eigenvalue weighted by Gasteiger charge is 2.24. The van der Waals surface area contributed by atoms with Gasteiger partial charge in [0.2, 0.25) is 0 Å².